The smallest absolute Gasteiger partial charge is 0.250 e. The summed E-state index contributed by atoms with van der Waals surface area (Å²) in [5.74, 6) is -0.162. The molecule has 3 heterocycles. The first kappa shape index (κ1) is 13.2. The monoisotopic (exact) mass is 318 g/mol. The Morgan fingerprint density at radius 1 is 1.15 bits per heavy atom. The van der Waals surface area contributed by atoms with Crippen LogP contribution in [-0.2, 0) is 4.79 Å². The second-order valence-corrected chi connectivity index (χ2v) is 6.64. The van der Waals surface area contributed by atoms with Crippen molar-refractivity contribution in [3.8, 4) is 10.6 Å². The zero-order valence-electron chi connectivity index (χ0n) is 10.3. The van der Waals surface area contributed by atoms with Gasteiger partial charge in [-0.25, -0.2) is 4.98 Å². The Bertz CT molecular complexity index is 712. The molecule has 0 bridgehead atoms. The van der Waals surface area contributed by atoms with Gasteiger partial charge in [-0.05, 0) is 29.0 Å². The van der Waals surface area contributed by atoms with Crippen molar-refractivity contribution in [1.29, 1.82) is 0 Å². The van der Waals surface area contributed by atoms with Crippen LogP contribution in [0, 0.1) is 0 Å². The number of amides is 1. The van der Waals surface area contributed by atoms with E-state index in [4.69, 9.17) is 0 Å². The van der Waals surface area contributed by atoms with Crippen molar-refractivity contribution in [3.63, 3.8) is 0 Å². The number of rotatable bonds is 4. The van der Waals surface area contributed by atoms with E-state index in [1.165, 1.54) is 17.4 Å². The molecule has 3 nitrogen and oxygen atoms in total. The molecule has 0 spiro atoms. The summed E-state index contributed by atoms with van der Waals surface area (Å²) in [7, 11) is 0. The van der Waals surface area contributed by atoms with E-state index in [-0.39, 0.29) is 5.91 Å². The van der Waals surface area contributed by atoms with Crippen LogP contribution in [0.1, 0.15) is 4.88 Å². The molecule has 6 heteroatoms. The van der Waals surface area contributed by atoms with E-state index >= 15 is 0 Å². The van der Waals surface area contributed by atoms with Crippen LogP contribution < -0.4 is 5.32 Å². The Labute approximate surface area is 128 Å². The van der Waals surface area contributed by atoms with Crippen LogP contribution in [0.4, 0.5) is 5.13 Å². The number of carbonyl (C=O) groups is 1. The molecule has 0 aliphatic rings. The largest absolute Gasteiger partial charge is 0.298 e. The highest BCUT2D eigenvalue weighted by molar-refractivity contribution is 7.16. The fraction of sp³-hybridized carbons (Fsp3) is 0. The second kappa shape index (κ2) is 6.13. The van der Waals surface area contributed by atoms with Crippen LogP contribution in [0.3, 0.4) is 0 Å². The number of hydrogen-bond acceptors (Lipinski definition) is 5. The van der Waals surface area contributed by atoms with Gasteiger partial charge in [0.15, 0.2) is 5.13 Å². The molecule has 0 aliphatic heterocycles. The first-order valence-corrected chi connectivity index (χ1v) is 8.47. The predicted molar refractivity (Wildman–Crippen MR) is 87.4 cm³/mol. The van der Waals surface area contributed by atoms with Gasteiger partial charge in [-0.15, -0.1) is 34.0 Å². The van der Waals surface area contributed by atoms with E-state index < -0.39 is 0 Å². The predicted octanol–water partition coefficient (Wildman–Crippen LogP) is 4.59. The maximum Gasteiger partial charge on any atom is 0.250 e. The zero-order valence-corrected chi connectivity index (χ0v) is 12.7. The van der Waals surface area contributed by atoms with Crippen LogP contribution in [0.25, 0.3) is 16.6 Å². The van der Waals surface area contributed by atoms with Gasteiger partial charge in [0, 0.05) is 16.3 Å². The van der Waals surface area contributed by atoms with Crippen molar-refractivity contribution in [1.82, 2.24) is 4.98 Å². The molecule has 20 heavy (non-hydrogen) atoms. The number of thiazole rings is 1. The average Bonchev–Trinajstić information content (AvgIpc) is 3.18. The number of carbonyl (C=O) groups excluding carboxylic acids is 1. The minimum absolute atomic E-state index is 0.162. The fourth-order valence-electron chi connectivity index (χ4n) is 1.56. The van der Waals surface area contributed by atoms with E-state index in [2.05, 4.69) is 10.3 Å². The Hall–Kier alpha value is -1.76. The van der Waals surface area contributed by atoms with Crippen molar-refractivity contribution in [3.05, 3.63) is 51.4 Å². The molecule has 3 aromatic heterocycles. The summed E-state index contributed by atoms with van der Waals surface area (Å²) in [6.45, 7) is 0. The lowest BCUT2D eigenvalue weighted by atomic mass is 10.4. The molecule has 1 N–H and O–H groups in total. The van der Waals surface area contributed by atoms with Crippen molar-refractivity contribution >= 4 is 51.1 Å². The molecule has 3 rings (SSSR count). The molecular weight excluding hydrogens is 308 g/mol. The molecule has 3 aromatic rings. The normalized spacial score (nSPS) is 11.0. The third-order valence-corrected chi connectivity index (χ3v) is 4.94. The molecule has 1 amide bonds. The van der Waals surface area contributed by atoms with E-state index in [1.54, 1.807) is 28.7 Å². The molecular formula is C14H10N2OS3. The number of anilines is 1. The van der Waals surface area contributed by atoms with Crippen LogP contribution in [0.15, 0.2) is 46.5 Å². The van der Waals surface area contributed by atoms with Crippen molar-refractivity contribution in [2.75, 3.05) is 5.32 Å². The van der Waals surface area contributed by atoms with Gasteiger partial charge in [0.1, 0.15) is 0 Å². The van der Waals surface area contributed by atoms with Gasteiger partial charge in [0.05, 0.1) is 10.6 Å². The Morgan fingerprint density at radius 3 is 2.75 bits per heavy atom. The molecule has 0 aromatic carbocycles. The lowest BCUT2D eigenvalue weighted by Gasteiger charge is -1.95. The third-order valence-electron chi connectivity index (χ3n) is 2.45. The van der Waals surface area contributed by atoms with Crippen molar-refractivity contribution in [2.24, 2.45) is 0 Å². The van der Waals surface area contributed by atoms with Crippen LogP contribution >= 0.6 is 34.0 Å². The van der Waals surface area contributed by atoms with Crippen LogP contribution in [-0.4, -0.2) is 10.9 Å². The topological polar surface area (TPSA) is 42.0 Å². The van der Waals surface area contributed by atoms with E-state index in [1.807, 2.05) is 40.4 Å². The summed E-state index contributed by atoms with van der Waals surface area (Å²) in [5.41, 5.74) is 0.905. The summed E-state index contributed by atoms with van der Waals surface area (Å²) >= 11 is 4.66. The molecule has 0 aliphatic carbocycles. The zero-order chi connectivity index (χ0) is 13.8. The maximum absolute atomic E-state index is 11.8. The molecule has 100 valence electrons. The average molecular weight is 318 g/mol. The number of aromatic nitrogens is 1. The van der Waals surface area contributed by atoms with Gasteiger partial charge in [0.2, 0.25) is 5.91 Å². The first-order valence-electron chi connectivity index (χ1n) is 5.83. The Balaban J connectivity index is 1.65. The highest BCUT2D eigenvalue weighted by Gasteiger charge is 2.06. The van der Waals surface area contributed by atoms with Gasteiger partial charge in [0.25, 0.3) is 0 Å². The SMILES string of the molecule is O=C(C=Cc1cccs1)Nc1nc(-c2cccs2)cs1. The fourth-order valence-corrected chi connectivity index (χ4v) is 3.65. The highest BCUT2D eigenvalue weighted by atomic mass is 32.1. The number of thiophene rings is 2. The molecule has 0 unspecified atom stereocenters. The Morgan fingerprint density at radius 2 is 2.00 bits per heavy atom. The summed E-state index contributed by atoms with van der Waals surface area (Å²) in [6.07, 6.45) is 3.33. The maximum atomic E-state index is 11.8. The number of hydrogen-bond donors (Lipinski definition) is 1. The van der Waals surface area contributed by atoms with Crippen LogP contribution in [0.2, 0.25) is 0 Å². The van der Waals surface area contributed by atoms with Gasteiger partial charge in [-0.2, -0.15) is 0 Å². The minimum atomic E-state index is -0.162. The van der Waals surface area contributed by atoms with Crippen molar-refractivity contribution < 1.29 is 4.79 Å². The summed E-state index contributed by atoms with van der Waals surface area (Å²) in [4.78, 5) is 18.3. The number of nitrogens with zero attached hydrogens (tertiary/aromatic N) is 1. The quantitative estimate of drug-likeness (QED) is 0.715. The molecule has 0 atom stereocenters. The Kier molecular flexibility index (Phi) is 4.05. The molecule has 0 radical (unpaired) electrons. The summed E-state index contributed by atoms with van der Waals surface area (Å²) in [6, 6.07) is 7.92. The van der Waals surface area contributed by atoms with Crippen molar-refractivity contribution in [2.45, 2.75) is 0 Å². The van der Waals surface area contributed by atoms with E-state index in [9.17, 15) is 4.79 Å². The second-order valence-electron chi connectivity index (χ2n) is 3.85. The summed E-state index contributed by atoms with van der Waals surface area (Å²) in [5, 5.41) is 9.33. The van der Waals surface area contributed by atoms with Gasteiger partial charge >= 0.3 is 0 Å². The number of nitrogens with one attached hydrogen (secondary N) is 1. The molecule has 0 saturated heterocycles. The standard InChI is InChI=1S/C14H10N2OS3/c17-13(6-5-10-3-1-7-18-10)16-14-15-11(9-20-14)12-4-2-8-19-12/h1-9H,(H,15,16,17). The highest BCUT2D eigenvalue weighted by Crippen LogP contribution is 2.28. The van der Waals surface area contributed by atoms with Gasteiger partial charge in [-0.3, -0.25) is 10.1 Å². The molecule has 0 fully saturated rings. The molecule has 0 saturated carbocycles. The first-order chi connectivity index (χ1) is 9.81. The lowest BCUT2D eigenvalue weighted by Crippen LogP contribution is -2.07. The minimum Gasteiger partial charge on any atom is -0.298 e. The van der Waals surface area contributed by atoms with Gasteiger partial charge < -0.3 is 0 Å². The van der Waals surface area contributed by atoms with E-state index in [0.717, 1.165) is 15.4 Å². The van der Waals surface area contributed by atoms with E-state index in [0.29, 0.717) is 5.13 Å². The third kappa shape index (κ3) is 3.22. The van der Waals surface area contributed by atoms with Gasteiger partial charge in [-0.1, -0.05) is 12.1 Å². The summed E-state index contributed by atoms with van der Waals surface area (Å²) < 4.78 is 0. The lowest BCUT2D eigenvalue weighted by molar-refractivity contribution is -0.111. The van der Waals surface area contributed by atoms with Crippen LogP contribution in [0.5, 0.6) is 0 Å².